The molecule has 1 saturated heterocycles. The molecule has 0 aliphatic carbocycles. The molecule has 2 aromatic rings. The van der Waals surface area contributed by atoms with Crippen molar-refractivity contribution in [2.75, 3.05) is 12.3 Å². The first kappa shape index (κ1) is 13.4. The monoisotopic (exact) mass is 284 g/mol. The fraction of sp³-hybridized carbons (Fsp3) is 0.250. The molecule has 3 rings (SSSR count). The van der Waals surface area contributed by atoms with E-state index in [9.17, 15) is 9.59 Å². The number of carbonyl (C=O) groups excluding carboxylic acids is 2. The molecule has 0 saturated carbocycles. The summed E-state index contributed by atoms with van der Waals surface area (Å²) < 4.78 is 5.63. The lowest BCUT2D eigenvalue weighted by Gasteiger charge is -2.12. The Labute approximate surface area is 122 Å². The Kier molecular flexibility index (Phi) is 3.48. The Bertz CT molecular complexity index is 712. The van der Waals surface area contributed by atoms with Crippen molar-refractivity contribution in [1.82, 2.24) is 5.32 Å². The van der Waals surface area contributed by atoms with Crippen molar-refractivity contribution in [2.45, 2.75) is 18.9 Å². The second-order valence-corrected chi connectivity index (χ2v) is 5.11. The summed E-state index contributed by atoms with van der Waals surface area (Å²) in [6.45, 7) is -0.0567. The number of carbonyl (C=O) groups is 2. The van der Waals surface area contributed by atoms with Crippen LogP contribution in [-0.2, 0) is 9.59 Å². The maximum absolute atomic E-state index is 12.0. The van der Waals surface area contributed by atoms with Gasteiger partial charge in [-0.3, -0.25) is 9.59 Å². The molecule has 21 heavy (non-hydrogen) atoms. The van der Waals surface area contributed by atoms with Gasteiger partial charge in [0.05, 0.1) is 6.04 Å². The minimum atomic E-state index is -0.419. The number of fused-ring (bicyclic) bond motifs is 1. The van der Waals surface area contributed by atoms with Crippen LogP contribution in [0.5, 0.6) is 5.75 Å². The average Bonchev–Trinajstić information content (AvgIpc) is 2.93. The van der Waals surface area contributed by atoms with Gasteiger partial charge in [-0.15, -0.1) is 0 Å². The van der Waals surface area contributed by atoms with Gasteiger partial charge < -0.3 is 15.8 Å². The predicted octanol–water partition coefficient (Wildman–Crippen LogP) is 1.65. The summed E-state index contributed by atoms with van der Waals surface area (Å²) in [5.41, 5.74) is 6.60. The maximum atomic E-state index is 12.0. The summed E-state index contributed by atoms with van der Waals surface area (Å²) in [4.78, 5) is 23.1. The van der Waals surface area contributed by atoms with E-state index in [1.807, 2.05) is 24.3 Å². The van der Waals surface area contributed by atoms with Gasteiger partial charge in [0.25, 0.3) is 0 Å². The largest absolute Gasteiger partial charge is 0.485 e. The van der Waals surface area contributed by atoms with Crippen LogP contribution in [0.3, 0.4) is 0 Å². The molecular formula is C16H16N2O3. The Hall–Kier alpha value is -2.56. The first-order chi connectivity index (χ1) is 10.1. The number of ether oxygens (including phenoxy) is 1. The van der Waals surface area contributed by atoms with Gasteiger partial charge in [0.1, 0.15) is 12.4 Å². The van der Waals surface area contributed by atoms with E-state index in [4.69, 9.17) is 10.5 Å². The molecule has 5 nitrogen and oxygen atoms in total. The second-order valence-electron chi connectivity index (χ2n) is 5.11. The van der Waals surface area contributed by atoms with Crippen LogP contribution < -0.4 is 15.8 Å². The first-order valence-electron chi connectivity index (χ1n) is 6.87. The summed E-state index contributed by atoms with van der Waals surface area (Å²) in [6.07, 6.45) is 0.949. The van der Waals surface area contributed by atoms with Crippen LogP contribution in [-0.4, -0.2) is 24.3 Å². The highest BCUT2D eigenvalue weighted by atomic mass is 16.5. The van der Waals surface area contributed by atoms with Gasteiger partial charge in [0.2, 0.25) is 5.91 Å². The highest BCUT2D eigenvalue weighted by Crippen LogP contribution is 2.29. The minimum Gasteiger partial charge on any atom is -0.485 e. The van der Waals surface area contributed by atoms with Crippen LogP contribution in [0.4, 0.5) is 5.69 Å². The van der Waals surface area contributed by atoms with Gasteiger partial charge in [0, 0.05) is 22.9 Å². The molecule has 1 heterocycles. The molecule has 1 unspecified atom stereocenters. The molecule has 1 aliphatic rings. The SMILES string of the molecule is Nc1ccc(OCC(=O)C2CCC(=O)N2)c2ccccc12. The van der Waals surface area contributed by atoms with Gasteiger partial charge in [0.15, 0.2) is 5.78 Å². The zero-order valence-corrected chi connectivity index (χ0v) is 11.5. The first-order valence-corrected chi connectivity index (χ1v) is 6.87. The number of anilines is 1. The predicted molar refractivity (Wildman–Crippen MR) is 80.0 cm³/mol. The van der Waals surface area contributed by atoms with E-state index >= 15 is 0 Å². The smallest absolute Gasteiger partial charge is 0.220 e. The summed E-state index contributed by atoms with van der Waals surface area (Å²) in [5, 5.41) is 4.42. The number of ketones is 1. The lowest BCUT2D eigenvalue weighted by Crippen LogP contribution is -2.36. The van der Waals surface area contributed by atoms with Crippen molar-refractivity contribution in [3.8, 4) is 5.75 Å². The van der Waals surface area contributed by atoms with E-state index in [2.05, 4.69) is 5.32 Å². The van der Waals surface area contributed by atoms with E-state index in [0.29, 0.717) is 24.3 Å². The van der Waals surface area contributed by atoms with Crippen molar-refractivity contribution in [2.24, 2.45) is 0 Å². The molecule has 108 valence electrons. The number of nitrogens with one attached hydrogen (secondary N) is 1. The van der Waals surface area contributed by atoms with Crippen LogP contribution in [0, 0.1) is 0 Å². The molecule has 1 aliphatic heterocycles. The van der Waals surface area contributed by atoms with Crippen LogP contribution >= 0.6 is 0 Å². The number of Topliss-reactive ketones (excluding diaryl/α,β-unsaturated/α-hetero) is 1. The van der Waals surface area contributed by atoms with E-state index in [-0.39, 0.29) is 18.3 Å². The van der Waals surface area contributed by atoms with E-state index < -0.39 is 6.04 Å². The number of amides is 1. The molecule has 3 N–H and O–H groups in total. The fourth-order valence-electron chi connectivity index (χ4n) is 2.53. The molecule has 0 bridgehead atoms. The van der Waals surface area contributed by atoms with E-state index in [0.717, 1.165) is 10.8 Å². The van der Waals surface area contributed by atoms with Crippen molar-refractivity contribution in [1.29, 1.82) is 0 Å². The number of hydrogen-bond acceptors (Lipinski definition) is 4. The molecular weight excluding hydrogens is 268 g/mol. The molecule has 2 aromatic carbocycles. The third kappa shape index (κ3) is 2.67. The highest BCUT2D eigenvalue weighted by Gasteiger charge is 2.27. The van der Waals surface area contributed by atoms with Gasteiger partial charge in [-0.25, -0.2) is 0 Å². The zero-order valence-electron chi connectivity index (χ0n) is 11.5. The fourth-order valence-corrected chi connectivity index (χ4v) is 2.53. The molecule has 5 heteroatoms. The van der Waals surface area contributed by atoms with Crippen LogP contribution in [0.2, 0.25) is 0 Å². The standard InChI is InChI=1S/C16H16N2O3/c17-12-5-7-15(11-4-2-1-3-10(11)12)21-9-14(19)13-6-8-16(20)18-13/h1-5,7,13H,6,8-9,17H2,(H,18,20). The topological polar surface area (TPSA) is 81.4 Å². The zero-order chi connectivity index (χ0) is 14.8. The highest BCUT2D eigenvalue weighted by molar-refractivity contribution is 5.97. The normalized spacial score (nSPS) is 17.7. The quantitative estimate of drug-likeness (QED) is 0.836. The number of rotatable bonds is 4. The van der Waals surface area contributed by atoms with Gasteiger partial charge in [-0.2, -0.15) is 0 Å². The van der Waals surface area contributed by atoms with Crippen LogP contribution in [0.15, 0.2) is 36.4 Å². The minimum absolute atomic E-state index is 0.0567. The Morgan fingerprint density at radius 3 is 2.71 bits per heavy atom. The number of nitrogens with two attached hydrogens (primary N) is 1. The van der Waals surface area contributed by atoms with Gasteiger partial charge >= 0.3 is 0 Å². The Morgan fingerprint density at radius 2 is 2.00 bits per heavy atom. The third-order valence-electron chi connectivity index (χ3n) is 3.67. The van der Waals surface area contributed by atoms with Crippen LogP contribution in [0.25, 0.3) is 10.8 Å². The molecule has 1 atom stereocenters. The number of benzene rings is 2. The van der Waals surface area contributed by atoms with Crippen molar-refractivity contribution in [3.05, 3.63) is 36.4 Å². The van der Waals surface area contributed by atoms with Crippen molar-refractivity contribution < 1.29 is 14.3 Å². The Balaban J connectivity index is 1.75. The van der Waals surface area contributed by atoms with E-state index in [1.165, 1.54) is 0 Å². The lowest BCUT2D eigenvalue weighted by atomic mass is 10.1. The average molecular weight is 284 g/mol. The van der Waals surface area contributed by atoms with Crippen LogP contribution in [0.1, 0.15) is 12.8 Å². The number of nitrogen functional groups attached to an aromatic ring is 1. The second kappa shape index (κ2) is 5.44. The summed E-state index contributed by atoms with van der Waals surface area (Å²) in [7, 11) is 0. The number of hydrogen-bond donors (Lipinski definition) is 2. The summed E-state index contributed by atoms with van der Waals surface area (Å²) >= 11 is 0. The third-order valence-corrected chi connectivity index (χ3v) is 3.67. The lowest BCUT2D eigenvalue weighted by molar-refractivity contribution is -0.125. The van der Waals surface area contributed by atoms with Gasteiger partial charge in [-0.05, 0) is 18.6 Å². The summed E-state index contributed by atoms with van der Waals surface area (Å²) in [6, 6.07) is 10.7. The maximum Gasteiger partial charge on any atom is 0.220 e. The Morgan fingerprint density at radius 1 is 1.24 bits per heavy atom. The summed E-state index contributed by atoms with van der Waals surface area (Å²) in [5.74, 6) is 0.436. The molecule has 1 fully saturated rings. The van der Waals surface area contributed by atoms with Crippen molar-refractivity contribution >= 4 is 28.2 Å². The molecule has 0 aromatic heterocycles. The van der Waals surface area contributed by atoms with Crippen molar-refractivity contribution in [3.63, 3.8) is 0 Å². The molecule has 0 radical (unpaired) electrons. The molecule has 1 amide bonds. The van der Waals surface area contributed by atoms with Gasteiger partial charge in [-0.1, -0.05) is 24.3 Å². The van der Waals surface area contributed by atoms with E-state index in [1.54, 1.807) is 12.1 Å². The molecule has 0 spiro atoms.